The summed E-state index contributed by atoms with van der Waals surface area (Å²) in [4.78, 5) is 13.0. The lowest BCUT2D eigenvalue weighted by Gasteiger charge is -2.23. The normalized spacial score (nSPS) is 19.1. The first-order valence-corrected chi connectivity index (χ1v) is 8.41. The highest BCUT2D eigenvalue weighted by Crippen LogP contribution is 2.27. The van der Waals surface area contributed by atoms with Gasteiger partial charge in [0.2, 0.25) is 5.91 Å². The van der Waals surface area contributed by atoms with Gasteiger partial charge in [0.25, 0.3) is 0 Å². The van der Waals surface area contributed by atoms with E-state index in [4.69, 9.17) is 0 Å². The van der Waals surface area contributed by atoms with Gasteiger partial charge >= 0.3 is 0 Å². The number of hydrogen-bond acceptors (Lipinski definition) is 3. The smallest absolute Gasteiger partial charge is 0.221 e. The molecule has 1 aromatic rings. The molecule has 2 rings (SSSR count). The maximum atomic E-state index is 11.8. The average molecular weight is 343 g/mol. The molecule has 1 heterocycles. The van der Waals surface area contributed by atoms with Crippen molar-refractivity contribution in [2.24, 2.45) is 0 Å². The van der Waals surface area contributed by atoms with Gasteiger partial charge in [0, 0.05) is 34.1 Å². The van der Waals surface area contributed by atoms with Crippen LogP contribution in [0.3, 0.4) is 0 Å². The maximum absolute atomic E-state index is 11.8. The number of carbonyl (C=O) groups is 1. The van der Waals surface area contributed by atoms with Crippen LogP contribution in [0.15, 0.2) is 33.6 Å². The molecule has 5 heteroatoms. The first-order valence-electron chi connectivity index (χ1n) is 6.63. The fourth-order valence-electron chi connectivity index (χ4n) is 2.09. The molecule has 0 saturated carbocycles. The lowest BCUT2D eigenvalue weighted by molar-refractivity contribution is -0.121. The van der Waals surface area contributed by atoms with Crippen molar-refractivity contribution in [2.45, 2.75) is 30.2 Å². The van der Waals surface area contributed by atoms with E-state index in [1.165, 1.54) is 4.90 Å². The Morgan fingerprint density at radius 2 is 2.32 bits per heavy atom. The molecule has 2 N–H and O–H groups in total. The summed E-state index contributed by atoms with van der Waals surface area (Å²) in [6, 6.07) is 8.42. The minimum Gasteiger partial charge on any atom is -0.352 e. The number of piperidine rings is 1. The summed E-state index contributed by atoms with van der Waals surface area (Å²) in [7, 11) is 0. The number of rotatable bonds is 5. The molecule has 3 nitrogen and oxygen atoms in total. The molecule has 0 aromatic heterocycles. The molecule has 1 aliphatic heterocycles. The van der Waals surface area contributed by atoms with Crippen molar-refractivity contribution in [2.75, 3.05) is 18.8 Å². The van der Waals surface area contributed by atoms with Crippen LogP contribution in [0, 0.1) is 0 Å². The van der Waals surface area contributed by atoms with E-state index in [0.29, 0.717) is 12.5 Å². The highest BCUT2D eigenvalue weighted by molar-refractivity contribution is 9.10. The largest absolute Gasteiger partial charge is 0.352 e. The first-order chi connectivity index (χ1) is 9.25. The van der Waals surface area contributed by atoms with Crippen molar-refractivity contribution in [3.8, 4) is 0 Å². The van der Waals surface area contributed by atoms with Crippen molar-refractivity contribution < 1.29 is 4.79 Å². The van der Waals surface area contributed by atoms with Crippen LogP contribution in [-0.2, 0) is 4.79 Å². The molecule has 1 saturated heterocycles. The second-order valence-electron chi connectivity index (χ2n) is 4.64. The third kappa shape index (κ3) is 5.16. The Morgan fingerprint density at radius 3 is 3.05 bits per heavy atom. The molecule has 0 radical (unpaired) electrons. The van der Waals surface area contributed by atoms with Crippen LogP contribution in [0.1, 0.15) is 19.3 Å². The van der Waals surface area contributed by atoms with E-state index in [2.05, 4.69) is 32.6 Å². The topological polar surface area (TPSA) is 41.1 Å². The highest BCUT2D eigenvalue weighted by Gasteiger charge is 2.14. The number of hydrogen-bond donors (Lipinski definition) is 2. The third-order valence-corrected chi connectivity index (χ3v) is 5.11. The van der Waals surface area contributed by atoms with Gasteiger partial charge in [0.1, 0.15) is 0 Å². The zero-order chi connectivity index (χ0) is 13.5. The maximum Gasteiger partial charge on any atom is 0.221 e. The van der Waals surface area contributed by atoms with E-state index in [-0.39, 0.29) is 5.91 Å². The second kappa shape index (κ2) is 7.92. The fourth-order valence-corrected chi connectivity index (χ4v) is 3.61. The molecule has 1 fully saturated rings. The van der Waals surface area contributed by atoms with Gasteiger partial charge in [-0.05, 0) is 47.4 Å². The summed E-state index contributed by atoms with van der Waals surface area (Å²) in [6.45, 7) is 1.98. The van der Waals surface area contributed by atoms with Gasteiger partial charge in [0.15, 0.2) is 0 Å². The molecule has 0 spiro atoms. The monoisotopic (exact) mass is 342 g/mol. The van der Waals surface area contributed by atoms with Crippen molar-refractivity contribution in [1.29, 1.82) is 0 Å². The molecule has 19 heavy (non-hydrogen) atoms. The lowest BCUT2D eigenvalue weighted by Crippen LogP contribution is -2.45. The standard InChI is InChI=1S/C14H19BrN2OS/c15-12-5-1-2-6-13(12)19-9-7-14(18)17-11-4-3-8-16-10-11/h1-2,5-6,11,16H,3-4,7-10H2,(H,17,18). The molecule has 0 aliphatic carbocycles. The van der Waals surface area contributed by atoms with Gasteiger partial charge in [-0.2, -0.15) is 0 Å². The quantitative estimate of drug-likeness (QED) is 0.808. The van der Waals surface area contributed by atoms with E-state index in [1.807, 2.05) is 18.2 Å². The zero-order valence-electron chi connectivity index (χ0n) is 10.8. The van der Waals surface area contributed by atoms with Crippen LogP contribution in [0.4, 0.5) is 0 Å². The molecular formula is C14H19BrN2OS. The Kier molecular flexibility index (Phi) is 6.20. The number of amides is 1. The Hall–Kier alpha value is -0.520. The molecule has 1 aromatic carbocycles. The van der Waals surface area contributed by atoms with Crippen LogP contribution in [-0.4, -0.2) is 30.8 Å². The molecule has 0 bridgehead atoms. The molecule has 1 amide bonds. The number of halogens is 1. The Balaban J connectivity index is 1.67. The zero-order valence-corrected chi connectivity index (χ0v) is 13.2. The summed E-state index contributed by atoms with van der Waals surface area (Å²) in [5.41, 5.74) is 0. The Bertz CT molecular complexity index is 422. The predicted octanol–water partition coefficient (Wildman–Crippen LogP) is 2.80. The molecule has 1 unspecified atom stereocenters. The van der Waals surface area contributed by atoms with Gasteiger partial charge in [-0.15, -0.1) is 11.8 Å². The summed E-state index contributed by atoms with van der Waals surface area (Å²) in [5, 5.41) is 6.40. The van der Waals surface area contributed by atoms with Crippen LogP contribution in [0.5, 0.6) is 0 Å². The predicted molar refractivity (Wildman–Crippen MR) is 83.5 cm³/mol. The molecule has 104 valence electrons. The Morgan fingerprint density at radius 1 is 1.47 bits per heavy atom. The van der Waals surface area contributed by atoms with Crippen molar-refractivity contribution >= 4 is 33.6 Å². The minimum absolute atomic E-state index is 0.160. The van der Waals surface area contributed by atoms with E-state index < -0.39 is 0 Å². The lowest BCUT2D eigenvalue weighted by atomic mass is 10.1. The third-order valence-electron chi connectivity index (χ3n) is 3.09. The van der Waals surface area contributed by atoms with E-state index >= 15 is 0 Å². The fraction of sp³-hybridized carbons (Fsp3) is 0.500. The average Bonchev–Trinajstić information content (AvgIpc) is 2.42. The van der Waals surface area contributed by atoms with E-state index in [9.17, 15) is 4.79 Å². The SMILES string of the molecule is O=C(CCSc1ccccc1Br)NC1CCCNC1. The number of carbonyl (C=O) groups excluding carboxylic acids is 1. The van der Waals surface area contributed by atoms with Gasteiger partial charge < -0.3 is 10.6 Å². The number of benzene rings is 1. The van der Waals surface area contributed by atoms with Crippen LogP contribution in [0.25, 0.3) is 0 Å². The van der Waals surface area contributed by atoms with Crippen molar-refractivity contribution in [3.63, 3.8) is 0 Å². The van der Waals surface area contributed by atoms with Gasteiger partial charge in [0.05, 0.1) is 0 Å². The minimum atomic E-state index is 0.160. The van der Waals surface area contributed by atoms with Crippen LogP contribution >= 0.6 is 27.7 Å². The van der Waals surface area contributed by atoms with E-state index in [0.717, 1.165) is 36.2 Å². The van der Waals surface area contributed by atoms with Crippen molar-refractivity contribution in [3.05, 3.63) is 28.7 Å². The van der Waals surface area contributed by atoms with Crippen molar-refractivity contribution in [1.82, 2.24) is 10.6 Å². The molecule has 1 atom stereocenters. The van der Waals surface area contributed by atoms with Gasteiger partial charge in [-0.1, -0.05) is 12.1 Å². The highest BCUT2D eigenvalue weighted by atomic mass is 79.9. The summed E-state index contributed by atoms with van der Waals surface area (Å²) >= 11 is 5.23. The second-order valence-corrected chi connectivity index (χ2v) is 6.63. The summed E-state index contributed by atoms with van der Waals surface area (Å²) in [5.74, 6) is 0.975. The van der Waals surface area contributed by atoms with Crippen LogP contribution in [0.2, 0.25) is 0 Å². The summed E-state index contributed by atoms with van der Waals surface area (Å²) < 4.78 is 1.09. The molecule has 1 aliphatic rings. The first kappa shape index (κ1) is 14.9. The number of thioether (sulfide) groups is 1. The molecular weight excluding hydrogens is 324 g/mol. The van der Waals surface area contributed by atoms with E-state index in [1.54, 1.807) is 11.8 Å². The van der Waals surface area contributed by atoms with Gasteiger partial charge in [-0.25, -0.2) is 0 Å². The Labute approximate surface area is 127 Å². The number of nitrogens with one attached hydrogen (secondary N) is 2. The van der Waals surface area contributed by atoms with Gasteiger partial charge in [-0.3, -0.25) is 4.79 Å². The summed E-state index contributed by atoms with van der Waals surface area (Å²) in [6.07, 6.45) is 2.81. The van der Waals surface area contributed by atoms with Crippen LogP contribution < -0.4 is 10.6 Å².